The minimum atomic E-state index is 0.596. The number of methoxy groups -OCH3 is 1. The molecule has 0 spiro atoms. The van der Waals surface area contributed by atoms with E-state index in [1.807, 2.05) is 11.6 Å². The van der Waals surface area contributed by atoms with E-state index in [9.17, 15) is 0 Å². The topological polar surface area (TPSA) is 71.5 Å². The first-order chi connectivity index (χ1) is 9.70. The lowest BCUT2D eigenvalue weighted by Crippen LogP contribution is -2.13. The Hall–Kier alpha value is -0.950. The van der Waals surface area contributed by atoms with Crippen molar-refractivity contribution in [2.45, 2.75) is 26.8 Å². The van der Waals surface area contributed by atoms with Gasteiger partial charge < -0.3 is 19.9 Å². The van der Waals surface area contributed by atoms with E-state index in [0.29, 0.717) is 39.6 Å². The molecule has 1 aromatic heterocycles. The smallest absolute Gasteiger partial charge is 0.0701 e. The van der Waals surface area contributed by atoms with E-state index in [2.05, 4.69) is 12.0 Å². The van der Waals surface area contributed by atoms with Gasteiger partial charge in [-0.2, -0.15) is 5.10 Å². The van der Waals surface area contributed by atoms with E-state index < -0.39 is 0 Å². The lowest BCUT2D eigenvalue weighted by molar-refractivity contribution is 0.0224. The summed E-state index contributed by atoms with van der Waals surface area (Å²) in [5.41, 5.74) is 9.13. The van der Waals surface area contributed by atoms with Crippen molar-refractivity contribution in [1.82, 2.24) is 9.78 Å². The molecular weight excluding hydrogens is 258 g/mol. The highest BCUT2D eigenvalue weighted by atomic mass is 16.5. The summed E-state index contributed by atoms with van der Waals surface area (Å²) < 4.78 is 17.7. The molecule has 1 heterocycles. The molecule has 0 saturated heterocycles. The SMILES string of the molecule is COCCOCCOCCn1nc(C)c(CCN)c1C. The van der Waals surface area contributed by atoms with E-state index in [4.69, 9.17) is 19.9 Å². The Morgan fingerprint density at radius 3 is 2.35 bits per heavy atom. The maximum absolute atomic E-state index is 5.61. The molecule has 0 radical (unpaired) electrons. The van der Waals surface area contributed by atoms with Gasteiger partial charge >= 0.3 is 0 Å². The van der Waals surface area contributed by atoms with Gasteiger partial charge in [0.25, 0.3) is 0 Å². The van der Waals surface area contributed by atoms with Crippen molar-refractivity contribution in [3.63, 3.8) is 0 Å². The van der Waals surface area contributed by atoms with E-state index in [0.717, 1.165) is 18.7 Å². The molecule has 1 rings (SSSR count). The minimum Gasteiger partial charge on any atom is -0.382 e. The fourth-order valence-corrected chi connectivity index (χ4v) is 2.07. The average Bonchev–Trinajstić information content (AvgIpc) is 2.70. The molecule has 0 aliphatic carbocycles. The van der Waals surface area contributed by atoms with Gasteiger partial charge in [0.1, 0.15) is 0 Å². The molecule has 0 aliphatic heterocycles. The predicted molar refractivity (Wildman–Crippen MR) is 78.0 cm³/mol. The Labute approximate surface area is 121 Å². The zero-order valence-corrected chi connectivity index (χ0v) is 12.9. The summed E-state index contributed by atoms with van der Waals surface area (Å²) in [5.74, 6) is 0. The van der Waals surface area contributed by atoms with E-state index in [1.54, 1.807) is 7.11 Å². The maximum Gasteiger partial charge on any atom is 0.0701 e. The number of aryl methyl sites for hydroxylation is 1. The number of hydrogen-bond acceptors (Lipinski definition) is 5. The second-order valence-electron chi connectivity index (χ2n) is 4.63. The lowest BCUT2D eigenvalue weighted by atomic mass is 10.1. The van der Waals surface area contributed by atoms with Crippen LogP contribution < -0.4 is 5.73 Å². The number of hydrogen-bond donors (Lipinski definition) is 1. The minimum absolute atomic E-state index is 0.596. The Bertz CT molecular complexity index is 380. The normalized spacial score (nSPS) is 11.2. The second-order valence-corrected chi connectivity index (χ2v) is 4.63. The van der Waals surface area contributed by atoms with Crippen LogP contribution in [0.1, 0.15) is 17.0 Å². The Balaban J connectivity index is 2.20. The van der Waals surface area contributed by atoms with Crippen LogP contribution in [0.25, 0.3) is 0 Å². The van der Waals surface area contributed by atoms with Crippen LogP contribution in [0.4, 0.5) is 0 Å². The maximum atomic E-state index is 5.61. The molecular formula is C14H27N3O3. The van der Waals surface area contributed by atoms with Gasteiger partial charge in [-0.1, -0.05) is 0 Å². The van der Waals surface area contributed by atoms with Crippen molar-refractivity contribution in [2.75, 3.05) is 46.7 Å². The van der Waals surface area contributed by atoms with Gasteiger partial charge in [-0.3, -0.25) is 4.68 Å². The first-order valence-electron chi connectivity index (χ1n) is 7.08. The summed E-state index contributed by atoms with van der Waals surface area (Å²) >= 11 is 0. The highest BCUT2D eigenvalue weighted by molar-refractivity contribution is 5.24. The van der Waals surface area contributed by atoms with Crippen molar-refractivity contribution in [3.05, 3.63) is 17.0 Å². The van der Waals surface area contributed by atoms with Crippen molar-refractivity contribution in [3.8, 4) is 0 Å². The van der Waals surface area contributed by atoms with Crippen LogP contribution in [0.3, 0.4) is 0 Å². The Morgan fingerprint density at radius 1 is 1.05 bits per heavy atom. The summed E-state index contributed by atoms with van der Waals surface area (Å²) in [7, 11) is 1.66. The molecule has 0 unspecified atom stereocenters. The van der Waals surface area contributed by atoms with Gasteiger partial charge in [-0.15, -0.1) is 0 Å². The number of rotatable bonds is 11. The largest absolute Gasteiger partial charge is 0.382 e. The zero-order valence-electron chi connectivity index (χ0n) is 12.9. The molecule has 6 heteroatoms. The monoisotopic (exact) mass is 285 g/mol. The summed E-state index contributed by atoms with van der Waals surface area (Å²) in [6, 6.07) is 0. The molecule has 0 atom stereocenters. The number of ether oxygens (including phenoxy) is 3. The van der Waals surface area contributed by atoms with Gasteiger partial charge in [-0.25, -0.2) is 0 Å². The van der Waals surface area contributed by atoms with E-state index in [1.165, 1.54) is 11.3 Å². The van der Waals surface area contributed by atoms with Gasteiger partial charge in [0.05, 0.1) is 45.3 Å². The molecule has 0 fully saturated rings. The van der Waals surface area contributed by atoms with Gasteiger partial charge in [0, 0.05) is 12.8 Å². The van der Waals surface area contributed by atoms with Crippen LogP contribution in [0.5, 0.6) is 0 Å². The van der Waals surface area contributed by atoms with Crippen molar-refractivity contribution in [2.24, 2.45) is 5.73 Å². The summed E-state index contributed by atoms with van der Waals surface area (Å²) in [4.78, 5) is 0. The highest BCUT2D eigenvalue weighted by Gasteiger charge is 2.10. The standard InChI is InChI=1S/C14H27N3O3/c1-12-14(4-5-15)13(2)17(16-12)6-7-19-10-11-20-9-8-18-3/h4-11,15H2,1-3H3. The quantitative estimate of drug-likeness (QED) is 0.605. The third kappa shape index (κ3) is 5.58. The molecule has 1 aromatic rings. The van der Waals surface area contributed by atoms with Crippen molar-refractivity contribution in [1.29, 1.82) is 0 Å². The number of nitrogens with two attached hydrogens (primary N) is 1. The van der Waals surface area contributed by atoms with E-state index >= 15 is 0 Å². The van der Waals surface area contributed by atoms with E-state index in [-0.39, 0.29) is 0 Å². The van der Waals surface area contributed by atoms with Crippen LogP contribution >= 0.6 is 0 Å². The molecule has 0 aliphatic rings. The molecule has 0 saturated carbocycles. The van der Waals surface area contributed by atoms with Crippen molar-refractivity contribution < 1.29 is 14.2 Å². The Morgan fingerprint density at radius 2 is 1.70 bits per heavy atom. The number of aromatic nitrogens is 2. The summed E-state index contributed by atoms with van der Waals surface area (Å²) in [6.07, 6.45) is 0.881. The van der Waals surface area contributed by atoms with Gasteiger partial charge in [-0.05, 0) is 32.4 Å². The first-order valence-corrected chi connectivity index (χ1v) is 7.08. The van der Waals surface area contributed by atoms with Crippen LogP contribution in [0.2, 0.25) is 0 Å². The van der Waals surface area contributed by atoms with Gasteiger partial charge in [0.15, 0.2) is 0 Å². The molecule has 0 amide bonds. The molecule has 6 nitrogen and oxygen atoms in total. The molecule has 0 aromatic carbocycles. The molecule has 20 heavy (non-hydrogen) atoms. The summed E-state index contributed by atoms with van der Waals surface area (Å²) in [5, 5.41) is 4.52. The lowest BCUT2D eigenvalue weighted by Gasteiger charge is -2.07. The number of nitrogens with zero attached hydrogens (tertiary/aromatic N) is 2. The highest BCUT2D eigenvalue weighted by Crippen LogP contribution is 2.13. The average molecular weight is 285 g/mol. The second kappa shape index (κ2) is 9.88. The molecule has 116 valence electrons. The third-order valence-corrected chi connectivity index (χ3v) is 3.18. The van der Waals surface area contributed by atoms with Crippen LogP contribution in [-0.2, 0) is 27.2 Å². The first kappa shape index (κ1) is 17.1. The zero-order chi connectivity index (χ0) is 14.8. The fraction of sp³-hybridized carbons (Fsp3) is 0.786. The molecule has 2 N–H and O–H groups in total. The van der Waals surface area contributed by atoms with Crippen LogP contribution in [0, 0.1) is 13.8 Å². The predicted octanol–water partition coefficient (Wildman–Crippen LogP) is 0.681. The third-order valence-electron chi connectivity index (χ3n) is 3.18. The summed E-state index contributed by atoms with van der Waals surface area (Å²) in [6.45, 7) is 8.58. The van der Waals surface area contributed by atoms with Gasteiger partial charge in [0.2, 0.25) is 0 Å². The fourth-order valence-electron chi connectivity index (χ4n) is 2.07. The molecule has 0 bridgehead atoms. The van der Waals surface area contributed by atoms with Crippen LogP contribution in [0.15, 0.2) is 0 Å². The van der Waals surface area contributed by atoms with Crippen LogP contribution in [-0.4, -0.2) is 56.5 Å². The van der Waals surface area contributed by atoms with Crippen molar-refractivity contribution >= 4 is 0 Å². The Kier molecular flexibility index (Phi) is 8.45.